The normalized spacial score (nSPS) is 17.2. The minimum atomic E-state index is -0.186. The molecular weight excluding hydrogens is 326 g/mol. The van der Waals surface area contributed by atoms with E-state index in [4.69, 9.17) is 4.74 Å². The van der Waals surface area contributed by atoms with Gasteiger partial charge in [-0.2, -0.15) is 0 Å². The molecule has 5 heteroatoms. The van der Waals surface area contributed by atoms with Crippen molar-refractivity contribution in [2.75, 3.05) is 18.5 Å². The van der Waals surface area contributed by atoms with Crippen LogP contribution in [-0.2, 0) is 4.74 Å². The van der Waals surface area contributed by atoms with Crippen LogP contribution in [0.25, 0.3) is 0 Å². The van der Waals surface area contributed by atoms with Crippen LogP contribution in [0.5, 0.6) is 0 Å². The van der Waals surface area contributed by atoms with Gasteiger partial charge >= 0.3 is 0 Å². The molecule has 2 aromatic carbocycles. The zero-order valence-electron chi connectivity index (χ0n) is 15.3. The second-order valence-electron chi connectivity index (χ2n) is 6.59. The first-order chi connectivity index (χ1) is 12.6. The summed E-state index contributed by atoms with van der Waals surface area (Å²) in [4.78, 5) is 17.1. The van der Waals surface area contributed by atoms with Crippen molar-refractivity contribution in [1.82, 2.24) is 5.32 Å². The number of benzene rings is 2. The third-order valence-electron chi connectivity index (χ3n) is 4.38. The number of hydrogen-bond acceptors (Lipinski definition) is 3. The molecule has 1 heterocycles. The van der Waals surface area contributed by atoms with Crippen LogP contribution in [0.2, 0.25) is 0 Å². The Morgan fingerprint density at radius 1 is 1.19 bits per heavy atom. The number of nitrogens with one attached hydrogen (secondary N) is 2. The van der Waals surface area contributed by atoms with Gasteiger partial charge in [-0.3, -0.25) is 10.1 Å². The molecule has 3 rings (SSSR count). The number of guanidine groups is 1. The predicted octanol–water partition coefficient (Wildman–Crippen LogP) is 3.68. The molecule has 0 spiro atoms. The number of anilines is 1. The Kier molecular flexibility index (Phi) is 6.02. The maximum Gasteiger partial charge on any atom is 0.257 e. The van der Waals surface area contributed by atoms with Crippen molar-refractivity contribution < 1.29 is 9.53 Å². The molecule has 0 aliphatic carbocycles. The summed E-state index contributed by atoms with van der Waals surface area (Å²) in [5, 5.41) is 6.15. The lowest BCUT2D eigenvalue weighted by Crippen LogP contribution is -2.37. The second kappa shape index (κ2) is 8.63. The van der Waals surface area contributed by atoms with E-state index in [0.29, 0.717) is 18.1 Å². The number of carbonyl (C=O) groups is 1. The largest absolute Gasteiger partial charge is 0.376 e. The van der Waals surface area contributed by atoms with E-state index in [1.807, 2.05) is 37.3 Å². The number of hydrogen-bond donors (Lipinski definition) is 2. The summed E-state index contributed by atoms with van der Waals surface area (Å²) in [6.07, 6.45) is 2.20. The maximum absolute atomic E-state index is 12.5. The van der Waals surface area contributed by atoms with Crippen LogP contribution in [0.4, 0.5) is 5.69 Å². The highest BCUT2D eigenvalue weighted by molar-refractivity contribution is 6.10. The lowest BCUT2D eigenvalue weighted by atomic mass is 10.1. The van der Waals surface area contributed by atoms with E-state index in [-0.39, 0.29) is 12.0 Å². The molecule has 2 N–H and O–H groups in total. The molecule has 5 nitrogen and oxygen atoms in total. The van der Waals surface area contributed by atoms with E-state index < -0.39 is 0 Å². The molecule has 0 saturated carbocycles. The van der Waals surface area contributed by atoms with Crippen LogP contribution in [0.1, 0.15) is 34.3 Å². The van der Waals surface area contributed by atoms with E-state index in [1.54, 1.807) is 12.1 Å². The lowest BCUT2D eigenvalue weighted by molar-refractivity contribution is 0.0975. The van der Waals surface area contributed by atoms with Crippen molar-refractivity contribution >= 4 is 17.6 Å². The predicted molar refractivity (Wildman–Crippen MR) is 105 cm³/mol. The van der Waals surface area contributed by atoms with E-state index in [0.717, 1.165) is 30.7 Å². The fourth-order valence-corrected chi connectivity index (χ4v) is 2.94. The van der Waals surface area contributed by atoms with Crippen molar-refractivity contribution in [2.45, 2.75) is 32.8 Å². The summed E-state index contributed by atoms with van der Waals surface area (Å²) in [5.74, 6) is 0.260. The molecule has 1 unspecified atom stereocenters. The van der Waals surface area contributed by atoms with Crippen molar-refractivity contribution in [3.63, 3.8) is 0 Å². The zero-order chi connectivity index (χ0) is 18.4. The van der Waals surface area contributed by atoms with Gasteiger partial charge in [0.15, 0.2) is 0 Å². The van der Waals surface area contributed by atoms with E-state index in [2.05, 4.69) is 28.6 Å². The van der Waals surface area contributed by atoms with Gasteiger partial charge in [-0.15, -0.1) is 0 Å². The molecular formula is C21H25N3O2. The highest BCUT2D eigenvalue weighted by Crippen LogP contribution is 2.16. The summed E-state index contributed by atoms with van der Waals surface area (Å²) in [6.45, 7) is 5.41. The Hall–Kier alpha value is -2.66. The minimum absolute atomic E-state index is 0.125. The average Bonchev–Trinajstić information content (AvgIpc) is 3.16. The third kappa shape index (κ3) is 4.92. The molecule has 2 aromatic rings. The van der Waals surface area contributed by atoms with Crippen LogP contribution in [0.3, 0.4) is 0 Å². The number of aliphatic imine (C=N–C) groups is 1. The monoisotopic (exact) mass is 351 g/mol. The number of rotatable bonds is 4. The molecule has 136 valence electrons. The van der Waals surface area contributed by atoms with Gasteiger partial charge in [0.25, 0.3) is 5.91 Å². The van der Waals surface area contributed by atoms with E-state index >= 15 is 0 Å². The van der Waals surface area contributed by atoms with Crippen LogP contribution in [-0.4, -0.2) is 31.1 Å². The van der Waals surface area contributed by atoms with Gasteiger partial charge in [0, 0.05) is 17.9 Å². The highest BCUT2D eigenvalue weighted by atomic mass is 16.5. The molecule has 0 bridgehead atoms. The van der Waals surface area contributed by atoms with Crippen LogP contribution >= 0.6 is 0 Å². The highest BCUT2D eigenvalue weighted by Gasteiger charge is 2.16. The molecule has 26 heavy (non-hydrogen) atoms. The Morgan fingerprint density at radius 2 is 2.00 bits per heavy atom. The number of aryl methyl sites for hydroxylation is 2. The summed E-state index contributed by atoms with van der Waals surface area (Å²) >= 11 is 0. The first kappa shape index (κ1) is 18.1. The molecule has 1 atom stereocenters. The molecule has 1 aliphatic rings. The van der Waals surface area contributed by atoms with Gasteiger partial charge in [0.1, 0.15) is 0 Å². The molecule has 1 amide bonds. The van der Waals surface area contributed by atoms with Gasteiger partial charge < -0.3 is 10.1 Å². The molecule has 0 radical (unpaired) electrons. The zero-order valence-corrected chi connectivity index (χ0v) is 15.3. The summed E-state index contributed by atoms with van der Waals surface area (Å²) in [5.41, 5.74) is 3.82. The number of ether oxygens (including phenoxy) is 1. The SMILES string of the molecule is Cc1ccc(NC(=NCC2CCCO2)NC(=O)c2ccccc2)c(C)c1. The maximum atomic E-state index is 12.5. The van der Waals surface area contributed by atoms with Gasteiger partial charge in [-0.1, -0.05) is 35.9 Å². The Labute approximate surface area is 154 Å². The van der Waals surface area contributed by atoms with Crippen molar-refractivity contribution in [3.8, 4) is 0 Å². The van der Waals surface area contributed by atoms with Gasteiger partial charge in [0.05, 0.1) is 12.6 Å². The molecule has 1 saturated heterocycles. The lowest BCUT2D eigenvalue weighted by Gasteiger charge is -2.15. The minimum Gasteiger partial charge on any atom is -0.376 e. The molecule has 0 aromatic heterocycles. The summed E-state index contributed by atoms with van der Waals surface area (Å²) in [7, 11) is 0. The fourth-order valence-electron chi connectivity index (χ4n) is 2.94. The third-order valence-corrected chi connectivity index (χ3v) is 4.38. The van der Waals surface area contributed by atoms with E-state index in [1.165, 1.54) is 5.56 Å². The molecule has 1 fully saturated rings. The number of amides is 1. The topological polar surface area (TPSA) is 62.7 Å². The van der Waals surface area contributed by atoms with Crippen molar-refractivity contribution in [3.05, 3.63) is 65.2 Å². The summed E-state index contributed by atoms with van der Waals surface area (Å²) < 4.78 is 5.64. The van der Waals surface area contributed by atoms with Crippen molar-refractivity contribution in [2.24, 2.45) is 4.99 Å². The average molecular weight is 351 g/mol. The van der Waals surface area contributed by atoms with Gasteiger partial charge in [0.2, 0.25) is 5.96 Å². The van der Waals surface area contributed by atoms with Crippen LogP contribution in [0, 0.1) is 13.8 Å². The molecule has 1 aliphatic heterocycles. The Morgan fingerprint density at radius 3 is 2.69 bits per heavy atom. The Balaban J connectivity index is 1.76. The quantitative estimate of drug-likeness (QED) is 0.652. The van der Waals surface area contributed by atoms with Gasteiger partial charge in [-0.05, 0) is 50.5 Å². The number of carbonyl (C=O) groups excluding carboxylic acids is 1. The smallest absolute Gasteiger partial charge is 0.257 e. The fraction of sp³-hybridized carbons (Fsp3) is 0.333. The van der Waals surface area contributed by atoms with E-state index in [9.17, 15) is 4.79 Å². The van der Waals surface area contributed by atoms with Crippen LogP contribution < -0.4 is 10.6 Å². The number of nitrogens with zero attached hydrogens (tertiary/aromatic N) is 1. The standard InChI is InChI=1S/C21H25N3O2/c1-15-10-11-19(16(2)13-15)23-21(22-14-18-9-6-12-26-18)24-20(25)17-7-4-3-5-8-17/h3-5,7-8,10-11,13,18H,6,9,12,14H2,1-2H3,(H2,22,23,24,25). The first-order valence-corrected chi connectivity index (χ1v) is 8.98. The van der Waals surface area contributed by atoms with Gasteiger partial charge in [-0.25, -0.2) is 4.99 Å². The van der Waals surface area contributed by atoms with Crippen LogP contribution in [0.15, 0.2) is 53.5 Å². The van der Waals surface area contributed by atoms with Crippen molar-refractivity contribution in [1.29, 1.82) is 0 Å². The second-order valence-corrected chi connectivity index (χ2v) is 6.59. The summed E-state index contributed by atoms with van der Waals surface area (Å²) in [6, 6.07) is 15.3. The first-order valence-electron chi connectivity index (χ1n) is 8.98. The Bertz CT molecular complexity index is 781.